The Morgan fingerprint density at radius 2 is 2.17 bits per heavy atom. The number of carbonyl (C=O) groups is 1. The predicted octanol–water partition coefficient (Wildman–Crippen LogP) is 2.15. The first-order chi connectivity index (χ1) is 8.59. The summed E-state index contributed by atoms with van der Waals surface area (Å²) in [6.07, 6.45) is 3.63. The maximum absolute atomic E-state index is 12.0. The molecule has 0 spiro atoms. The van der Waals surface area contributed by atoms with Crippen LogP contribution in [-0.2, 0) is 10.2 Å². The SMILES string of the molecule is CC1C(=O)N(C)c2ccc(C3(CN)CCC3)cc21. The van der Waals surface area contributed by atoms with E-state index in [1.165, 1.54) is 30.4 Å². The van der Waals surface area contributed by atoms with E-state index in [-0.39, 0.29) is 17.2 Å². The van der Waals surface area contributed by atoms with E-state index in [4.69, 9.17) is 5.73 Å². The van der Waals surface area contributed by atoms with Crippen LogP contribution in [0.15, 0.2) is 18.2 Å². The third kappa shape index (κ3) is 1.37. The molecular formula is C15H20N2O. The van der Waals surface area contributed by atoms with E-state index >= 15 is 0 Å². The maximum Gasteiger partial charge on any atom is 0.234 e. The average molecular weight is 244 g/mol. The molecule has 0 saturated heterocycles. The molecule has 1 atom stereocenters. The number of fused-ring (bicyclic) bond motifs is 1. The van der Waals surface area contributed by atoms with Gasteiger partial charge in [0, 0.05) is 24.7 Å². The highest BCUT2D eigenvalue weighted by Gasteiger charge is 2.39. The number of benzene rings is 1. The predicted molar refractivity (Wildman–Crippen MR) is 72.9 cm³/mol. The van der Waals surface area contributed by atoms with Crippen molar-refractivity contribution >= 4 is 11.6 Å². The number of carbonyl (C=O) groups excluding carboxylic acids is 1. The third-order valence-corrected chi connectivity index (χ3v) is 4.87. The molecule has 1 aliphatic carbocycles. The first-order valence-electron chi connectivity index (χ1n) is 6.71. The van der Waals surface area contributed by atoms with Crippen LogP contribution in [0.3, 0.4) is 0 Å². The van der Waals surface area contributed by atoms with Gasteiger partial charge in [-0.15, -0.1) is 0 Å². The Balaban J connectivity index is 2.05. The number of hydrogen-bond donors (Lipinski definition) is 1. The fraction of sp³-hybridized carbons (Fsp3) is 0.533. The molecule has 2 aliphatic rings. The van der Waals surface area contributed by atoms with Gasteiger partial charge in [0.15, 0.2) is 0 Å². The van der Waals surface area contributed by atoms with E-state index in [0.717, 1.165) is 5.69 Å². The molecule has 96 valence electrons. The van der Waals surface area contributed by atoms with E-state index in [2.05, 4.69) is 18.2 Å². The van der Waals surface area contributed by atoms with Crippen LogP contribution in [0.5, 0.6) is 0 Å². The zero-order valence-corrected chi connectivity index (χ0v) is 11.1. The van der Waals surface area contributed by atoms with Crippen molar-refractivity contribution in [3.63, 3.8) is 0 Å². The minimum Gasteiger partial charge on any atom is -0.330 e. The lowest BCUT2D eigenvalue weighted by molar-refractivity contribution is -0.118. The molecule has 0 aromatic heterocycles. The normalized spacial score (nSPS) is 24.9. The molecule has 18 heavy (non-hydrogen) atoms. The van der Waals surface area contributed by atoms with Crippen LogP contribution in [0, 0.1) is 0 Å². The summed E-state index contributed by atoms with van der Waals surface area (Å²) in [5.74, 6) is 0.178. The zero-order valence-electron chi connectivity index (χ0n) is 11.1. The Bertz CT molecular complexity index is 500. The lowest BCUT2D eigenvalue weighted by Crippen LogP contribution is -2.41. The summed E-state index contributed by atoms with van der Waals surface area (Å²) in [5.41, 5.74) is 9.69. The molecule has 1 unspecified atom stereocenters. The van der Waals surface area contributed by atoms with Gasteiger partial charge in [-0.3, -0.25) is 4.79 Å². The average Bonchev–Trinajstić information content (AvgIpc) is 2.54. The van der Waals surface area contributed by atoms with Crippen molar-refractivity contribution in [1.29, 1.82) is 0 Å². The summed E-state index contributed by atoms with van der Waals surface area (Å²) in [5, 5.41) is 0. The summed E-state index contributed by atoms with van der Waals surface area (Å²) in [7, 11) is 1.85. The van der Waals surface area contributed by atoms with Gasteiger partial charge in [0.25, 0.3) is 0 Å². The summed E-state index contributed by atoms with van der Waals surface area (Å²) < 4.78 is 0. The van der Waals surface area contributed by atoms with E-state index in [9.17, 15) is 4.79 Å². The largest absolute Gasteiger partial charge is 0.330 e. The number of nitrogens with two attached hydrogens (primary N) is 1. The number of anilines is 1. The van der Waals surface area contributed by atoms with Crippen molar-refractivity contribution in [2.45, 2.75) is 37.5 Å². The fourth-order valence-corrected chi connectivity index (χ4v) is 3.29. The van der Waals surface area contributed by atoms with Crippen LogP contribution in [0.25, 0.3) is 0 Å². The lowest BCUT2D eigenvalue weighted by atomic mass is 9.64. The van der Waals surface area contributed by atoms with E-state index in [1.807, 2.05) is 14.0 Å². The van der Waals surface area contributed by atoms with Gasteiger partial charge in [0.2, 0.25) is 5.91 Å². The Hall–Kier alpha value is -1.35. The fourth-order valence-electron chi connectivity index (χ4n) is 3.29. The molecule has 3 rings (SSSR count). The second-order valence-corrected chi connectivity index (χ2v) is 5.73. The Morgan fingerprint density at radius 1 is 1.44 bits per heavy atom. The number of nitrogens with zero attached hydrogens (tertiary/aromatic N) is 1. The van der Waals surface area contributed by atoms with Crippen molar-refractivity contribution < 1.29 is 4.79 Å². The van der Waals surface area contributed by atoms with Gasteiger partial charge in [-0.05, 0) is 37.0 Å². The number of rotatable bonds is 2. The van der Waals surface area contributed by atoms with Gasteiger partial charge in [0.05, 0.1) is 5.92 Å². The van der Waals surface area contributed by atoms with E-state index < -0.39 is 0 Å². The van der Waals surface area contributed by atoms with Crippen molar-refractivity contribution in [3.05, 3.63) is 29.3 Å². The molecule has 2 N–H and O–H groups in total. The molecule has 1 aromatic carbocycles. The van der Waals surface area contributed by atoms with Crippen LogP contribution >= 0.6 is 0 Å². The molecule has 3 nitrogen and oxygen atoms in total. The Kier molecular flexibility index (Phi) is 2.49. The standard InChI is InChI=1S/C15H20N2O/c1-10-12-8-11(15(9-16)6-3-7-15)4-5-13(12)17(2)14(10)18/h4-5,8,10H,3,6-7,9,16H2,1-2H3. The summed E-state index contributed by atoms with van der Waals surface area (Å²) in [4.78, 5) is 13.7. The van der Waals surface area contributed by atoms with Crippen LogP contribution < -0.4 is 10.6 Å². The molecule has 1 heterocycles. The van der Waals surface area contributed by atoms with Gasteiger partial charge in [-0.25, -0.2) is 0 Å². The molecule has 0 radical (unpaired) electrons. The number of likely N-dealkylation sites (N-methyl/N-ethyl adjacent to an activating group) is 1. The highest BCUT2D eigenvalue weighted by atomic mass is 16.2. The Morgan fingerprint density at radius 3 is 2.72 bits per heavy atom. The van der Waals surface area contributed by atoms with Crippen LogP contribution in [-0.4, -0.2) is 19.5 Å². The maximum atomic E-state index is 12.0. The minimum absolute atomic E-state index is 0.0140. The Labute approximate surface area is 108 Å². The van der Waals surface area contributed by atoms with Gasteiger partial charge < -0.3 is 10.6 Å². The highest BCUT2D eigenvalue weighted by molar-refractivity contribution is 6.04. The first-order valence-corrected chi connectivity index (χ1v) is 6.71. The first kappa shape index (κ1) is 11.7. The quantitative estimate of drug-likeness (QED) is 0.866. The zero-order chi connectivity index (χ0) is 12.9. The van der Waals surface area contributed by atoms with Crippen molar-refractivity contribution in [1.82, 2.24) is 0 Å². The van der Waals surface area contributed by atoms with Crippen LogP contribution in [0.1, 0.15) is 43.2 Å². The molecular weight excluding hydrogens is 224 g/mol. The van der Waals surface area contributed by atoms with Crippen LogP contribution in [0.4, 0.5) is 5.69 Å². The van der Waals surface area contributed by atoms with Crippen molar-refractivity contribution in [2.75, 3.05) is 18.5 Å². The summed E-state index contributed by atoms with van der Waals surface area (Å²) >= 11 is 0. The molecule has 1 aliphatic heterocycles. The molecule has 1 fully saturated rings. The van der Waals surface area contributed by atoms with Crippen molar-refractivity contribution in [3.8, 4) is 0 Å². The topological polar surface area (TPSA) is 46.3 Å². The molecule has 1 saturated carbocycles. The number of amides is 1. The van der Waals surface area contributed by atoms with Gasteiger partial charge >= 0.3 is 0 Å². The van der Waals surface area contributed by atoms with Gasteiger partial charge in [-0.1, -0.05) is 18.6 Å². The highest BCUT2D eigenvalue weighted by Crippen LogP contribution is 2.46. The minimum atomic E-state index is -0.0140. The van der Waals surface area contributed by atoms with Gasteiger partial charge in [0.1, 0.15) is 0 Å². The summed E-state index contributed by atoms with van der Waals surface area (Å²) in [6, 6.07) is 6.46. The molecule has 1 amide bonds. The van der Waals surface area contributed by atoms with E-state index in [0.29, 0.717) is 6.54 Å². The van der Waals surface area contributed by atoms with Crippen LogP contribution in [0.2, 0.25) is 0 Å². The molecule has 0 bridgehead atoms. The third-order valence-electron chi connectivity index (χ3n) is 4.87. The number of hydrogen-bond acceptors (Lipinski definition) is 2. The molecule has 1 aromatic rings. The second kappa shape index (κ2) is 3.82. The smallest absolute Gasteiger partial charge is 0.234 e. The van der Waals surface area contributed by atoms with Crippen molar-refractivity contribution in [2.24, 2.45) is 5.73 Å². The monoisotopic (exact) mass is 244 g/mol. The molecule has 3 heteroatoms. The van der Waals surface area contributed by atoms with E-state index in [1.54, 1.807) is 4.90 Å². The second-order valence-electron chi connectivity index (χ2n) is 5.73. The lowest BCUT2D eigenvalue weighted by Gasteiger charge is -2.41. The summed E-state index contributed by atoms with van der Waals surface area (Å²) in [6.45, 7) is 2.70. The van der Waals surface area contributed by atoms with Gasteiger partial charge in [-0.2, -0.15) is 0 Å².